The lowest BCUT2D eigenvalue weighted by Gasteiger charge is -2.28. The molecule has 0 bridgehead atoms. The van der Waals surface area contributed by atoms with Gasteiger partial charge in [-0.05, 0) is 176 Å². The lowest BCUT2D eigenvalue weighted by molar-refractivity contribution is -0.136. The van der Waals surface area contributed by atoms with Crippen molar-refractivity contribution < 1.29 is 71.9 Å². The van der Waals surface area contributed by atoms with E-state index in [0.717, 1.165) is 0 Å². The van der Waals surface area contributed by atoms with Crippen LogP contribution in [0.3, 0.4) is 0 Å². The summed E-state index contributed by atoms with van der Waals surface area (Å²) in [6.45, 7) is 17.1. The predicted molar refractivity (Wildman–Crippen MR) is 445 cm³/mol. The number of benzene rings is 2. The summed E-state index contributed by atoms with van der Waals surface area (Å²) in [5, 5.41) is 44.7. The van der Waals surface area contributed by atoms with Crippen molar-refractivity contribution in [3.8, 4) is 6.07 Å². The number of H-pyrrole nitrogens is 1. The minimum Gasteiger partial charge on any atom is -0.370 e. The van der Waals surface area contributed by atoms with Gasteiger partial charge in [0.2, 0.25) is 88.6 Å². The van der Waals surface area contributed by atoms with E-state index in [4.69, 9.17) is 34.4 Å². The zero-order valence-corrected chi connectivity index (χ0v) is 70.3. The molecule has 0 unspecified atom stereocenters. The van der Waals surface area contributed by atoms with Gasteiger partial charge in [0.15, 0.2) is 0 Å². The first-order valence-electron chi connectivity index (χ1n) is 40.3. The molecule has 117 heavy (non-hydrogen) atoms. The first-order chi connectivity index (χ1) is 55.4. The number of aromatic amines is 1. The Bertz CT molecular complexity index is 3820. The Labute approximate surface area is 690 Å². The van der Waals surface area contributed by atoms with Crippen LogP contribution in [0.25, 0.3) is 10.9 Å². The molecule has 26 N–H and O–H groups in total. The van der Waals surface area contributed by atoms with Gasteiger partial charge in [0, 0.05) is 29.9 Å². The van der Waals surface area contributed by atoms with E-state index < -0.39 is 186 Å². The van der Waals surface area contributed by atoms with E-state index in [1.807, 2.05) is 40.7 Å². The van der Waals surface area contributed by atoms with Crippen LogP contribution in [0.2, 0.25) is 0 Å². The SMILES string of the molecule is CC[C@H](C)[C@H](N)C(=O)N[C@@H](CC(N)=O)C(=O)N[C@@H](Cc1c[nH]c2ccccc12)C(=O)N[C@@H](CCCCN)C(=O)NCC(=O)N[C@H](C(=O)N[C@@H](Cc1ccc(C#N)cc1)C(=O)N[C@@H](C)C(=O)N[C@@H](CCSC)C(=O)N[C@@H](C)C(=O)N[C@@H](CCCCN)C(=O)N[C@@H](CCCCN)C(=O)N[C@@H](CC(C)C)C(=O)N[C@@H](CC(C)C)C(N)=O)[C@@H](C)CC. The summed E-state index contributed by atoms with van der Waals surface area (Å²) in [5.41, 5.74) is 36.8. The monoisotopic (exact) mass is 1660 g/mol. The molecule has 0 aliphatic rings. The predicted octanol–water partition coefficient (Wildman–Crippen LogP) is -1.19. The average Bonchev–Trinajstić information content (AvgIpc) is 1.72. The number of amides is 15. The molecule has 0 radical (unpaired) electrons. The number of hydrogen-bond acceptors (Lipinski definition) is 21. The van der Waals surface area contributed by atoms with Gasteiger partial charge < -0.3 is 109 Å². The number of nitrogens with one attached hydrogen (secondary N) is 14. The molecule has 15 amide bonds. The van der Waals surface area contributed by atoms with Crippen molar-refractivity contribution in [3.63, 3.8) is 0 Å². The van der Waals surface area contributed by atoms with Crippen molar-refractivity contribution in [2.45, 2.75) is 257 Å². The summed E-state index contributed by atoms with van der Waals surface area (Å²) in [6, 6.07) is -1.62. The van der Waals surface area contributed by atoms with Crippen molar-refractivity contribution in [1.82, 2.24) is 74.1 Å². The third-order valence-electron chi connectivity index (χ3n) is 19.9. The number of primary amides is 2. The Morgan fingerprint density at radius 1 is 0.453 bits per heavy atom. The zero-order chi connectivity index (χ0) is 87.6. The van der Waals surface area contributed by atoms with E-state index in [1.54, 1.807) is 69.6 Å². The molecule has 1 heterocycles. The van der Waals surface area contributed by atoms with Crippen LogP contribution in [0.15, 0.2) is 54.7 Å². The van der Waals surface area contributed by atoms with Crippen molar-refractivity contribution in [1.29, 1.82) is 5.26 Å². The number of hydrogen-bond donors (Lipinski definition) is 20. The fourth-order valence-corrected chi connectivity index (χ4v) is 13.0. The molecule has 37 heteroatoms. The minimum absolute atomic E-state index is 0.00306. The Kier molecular flexibility index (Phi) is 45.8. The Balaban J connectivity index is 1.87. The molecule has 15 atom stereocenters. The summed E-state index contributed by atoms with van der Waals surface area (Å²) in [5.74, 6) is -13.0. The van der Waals surface area contributed by atoms with Gasteiger partial charge in [0.1, 0.15) is 72.5 Å². The molecular weight excluding hydrogens is 1530 g/mol. The highest BCUT2D eigenvalue weighted by atomic mass is 32.2. The highest BCUT2D eigenvalue weighted by molar-refractivity contribution is 7.98. The summed E-state index contributed by atoms with van der Waals surface area (Å²) in [6.07, 6.45) is 6.19. The van der Waals surface area contributed by atoms with E-state index in [-0.39, 0.29) is 94.3 Å². The maximum absolute atomic E-state index is 14.6. The fraction of sp³-hybridized carbons (Fsp3) is 0.625. The molecule has 36 nitrogen and oxygen atoms in total. The number of aromatic nitrogens is 1. The van der Waals surface area contributed by atoms with Gasteiger partial charge in [-0.25, -0.2) is 0 Å². The Morgan fingerprint density at radius 3 is 1.37 bits per heavy atom. The molecule has 3 aromatic rings. The van der Waals surface area contributed by atoms with Crippen LogP contribution in [0.4, 0.5) is 0 Å². The molecule has 1 aromatic heterocycles. The van der Waals surface area contributed by atoms with Crippen LogP contribution in [0.1, 0.15) is 182 Å². The highest BCUT2D eigenvalue weighted by Gasteiger charge is 2.38. The number of carbonyl (C=O) groups excluding carboxylic acids is 15. The largest absolute Gasteiger partial charge is 0.370 e. The van der Waals surface area contributed by atoms with Crippen molar-refractivity contribution in [2.24, 2.45) is 58.1 Å². The number of nitrogens with zero attached hydrogens (tertiary/aromatic N) is 1. The van der Waals surface area contributed by atoms with Gasteiger partial charge in [-0.3, -0.25) is 71.9 Å². The lowest BCUT2D eigenvalue weighted by atomic mass is 9.97. The van der Waals surface area contributed by atoms with Gasteiger partial charge in [-0.1, -0.05) is 98.6 Å². The number of thioether (sulfide) groups is 1. The molecular formula is C80H129N21O15S. The second-order valence-electron chi connectivity index (χ2n) is 30.6. The first-order valence-corrected chi connectivity index (χ1v) is 41.7. The average molecular weight is 1660 g/mol. The molecule has 0 fully saturated rings. The number of rotatable bonds is 56. The summed E-state index contributed by atoms with van der Waals surface area (Å²) >= 11 is 1.35. The number of unbranched alkanes of at least 4 members (excludes halogenated alkanes) is 3. The molecule has 0 spiro atoms. The lowest BCUT2D eigenvalue weighted by Crippen LogP contribution is -2.60. The summed E-state index contributed by atoms with van der Waals surface area (Å²) in [7, 11) is 0. The number of carbonyl (C=O) groups is 15. The van der Waals surface area contributed by atoms with Crippen LogP contribution in [0, 0.1) is 35.0 Å². The van der Waals surface area contributed by atoms with Crippen LogP contribution in [-0.2, 0) is 84.8 Å². The Morgan fingerprint density at radius 2 is 0.872 bits per heavy atom. The van der Waals surface area contributed by atoms with Crippen molar-refractivity contribution >= 4 is 111 Å². The number of nitriles is 1. The molecule has 0 saturated carbocycles. The van der Waals surface area contributed by atoms with Gasteiger partial charge in [0.05, 0.1) is 30.6 Å². The summed E-state index contributed by atoms with van der Waals surface area (Å²) < 4.78 is 0. The molecule has 650 valence electrons. The van der Waals surface area contributed by atoms with Gasteiger partial charge in [0.25, 0.3) is 0 Å². The van der Waals surface area contributed by atoms with Gasteiger partial charge in [-0.2, -0.15) is 17.0 Å². The first kappa shape index (κ1) is 101. The number of para-hydroxylation sites is 1. The zero-order valence-electron chi connectivity index (χ0n) is 69.5. The smallest absolute Gasteiger partial charge is 0.243 e. The molecule has 2 aromatic carbocycles. The highest BCUT2D eigenvalue weighted by Crippen LogP contribution is 2.21. The molecule has 0 saturated heterocycles. The van der Waals surface area contributed by atoms with Crippen LogP contribution >= 0.6 is 11.8 Å². The number of nitrogens with two attached hydrogens (primary N) is 6. The van der Waals surface area contributed by atoms with E-state index in [1.165, 1.54) is 37.7 Å². The molecule has 3 rings (SSSR count). The van der Waals surface area contributed by atoms with E-state index in [9.17, 15) is 77.2 Å². The number of fused-ring (bicyclic) bond motifs is 1. The molecule has 0 aliphatic carbocycles. The van der Waals surface area contributed by atoms with Gasteiger partial charge >= 0.3 is 0 Å². The second-order valence-corrected chi connectivity index (χ2v) is 31.6. The van der Waals surface area contributed by atoms with Gasteiger partial charge in [-0.15, -0.1) is 0 Å². The van der Waals surface area contributed by atoms with E-state index >= 15 is 0 Å². The molecule has 0 aliphatic heterocycles. The normalized spacial score (nSPS) is 15.1. The minimum atomic E-state index is -1.56. The quantitative estimate of drug-likeness (QED) is 0.0296. The second kappa shape index (κ2) is 53.1. The topological polar surface area (TPSA) is 608 Å². The third kappa shape index (κ3) is 36.0. The maximum Gasteiger partial charge on any atom is 0.243 e. The van der Waals surface area contributed by atoms with Crippen molar-refractivity contribution in [3.05, 3.63) is 71.4 Å². The fourth-order valence-electron chi connectivity index (χ4n) is 12.5. The maximum atomic E-state index is 14.6. The van der Waals surface area contributed by atoms with E-state index in [2.05, 4.69) is 74.1 Å². The van der Waals surface area contributed by atoms with Crippen LogP contribution < -0.4 is 104 Å². The van der Waals surface area contributed by atoms with E-state index in [0.29, 0.717) is 79.1 Å². The van der Waals surface area contributed by atoms with Crippen molar-refractivity contribution in [2.75, 3.05) is 38.2 Å². The standard InChI is InChI=1S/C80H129N21O15S/c1-12-46(7)66(86)79(115)99-63(40-64(85)102)78(114)98-62(39-52-42-88-54-23-15-14-22-53(52)54)77(113)94-55(24-16-19-32-81)71(107)89-43-65(103)101-67(47(8)13-2)80(116)100-61(38-50-27-29-51(41-84)30-28-50)75(111)91-49(10)70(106)93-58(31-35-117-11)72(108)90-48(9)69(105)92-56(25-17-20-33-82)73(109)95-57(26-18-21-34-83)74(110)97-60(37-45(5)6)76(112)96-59(68(87)104)36-44(3)4/h14-15,22-23,27-30,42,44-49,55-63,66-67,88H,12-13,16-21,24-26,31-40,43,81-83,86H2,1-11H3,(H2,85,102)(H2,87,104)(H,89,107)(H,90,108)(H,91,111)(H,92,105)(H,93,106)(H,94,113)(H,95,109)(H,96,112)(H,97,110)(H,98,114)(H,99,115)(H,100,116)(H,101,103)/t46-,47-,48-,49-,55-,56-,57-,58-,59-,60-,61-,62-,63-,66-,67-/m0/s1. The summed E-state index contributed by atoms with van der Waals surface area (Å²) in [4.78, 5) is 212. The Hall–Kier alpha value is -10.3. The third-order valence-corrected chi connectivity index (χ3v) is 20.6. The van der Waals surface area contributed by atoms with Crippen LogP contribution in [0.5, 0.6) is 0 Å². The van der Waals surface area contributed by atoms with Crippen LogP contribution in [-0.4, -0.2) is 210 Å².